The van der Waals surface area contributed by atoms with Gasteiger partial charge in [0, 0.05) is 5.56 Å². The van der Waals surface area contributed by atoms with Crippen molar-refractivity contribution in [3.63, 3.8) is 0 Å². The van der Waals surface area contributed by atoms with Crippen molar-refractivity contribution < 1.29 is 27.1 Å². The number of ether oxygens (including phenoxy) is 1. The van der Waals surface area contributed by atoms with Gasteiger partial charge in [-0.25, -0.2) is 14.6 Å². The van der Waals surface area contributed by atoms with Gasteiger partial charge in [0.1, 0.15) is 18.1 Å². The molecule has 1 aliphatic rings. The molecular formula is C10H5ClF4N2O2. The van der Waals surface area contributed by atoms with E-state index in [2.05, 4.69) is 9.84 Å². The molecule has 1 N–H and O–H groups in total. The topological polar surface area (TPSA) is 50.7 Å². The first-order valence-corrected chi connectivity index (χ1v) is 5.23. The molecule has 0 fully saturated rings. The SMILES string of the molecule is O=C1NN=C(c2cc(F)c(Cl)c(C(F)(F)F)c2)CO1. The van der Waals surface area contributed by atoms with E-state index in [0.717, 1.165) is 6.07 Å². The lowest BCUT2D eigenvalue weighted by Crippen LogP contribution is -2.31. The number of cyclic esters (lactones) is 1. The first kappa shape index (κ1) is 13.6. The van der Waals surface area contributed by atoms with Crippen molar-refractivity contribution in [1.82, 2.24) is 5.43 Å². The van der Waals surface area contributed by atoms with Gasteiger partial charge in [-0.1, -0.05) is 11.6 Å². The number of alkyl halides is 3. The van der Waals surface area contributed by atoms with Gasteiger partial charge < -0.3 is 4.74 Å². The minimum absolute atomic E-state index is 0.0410. The summed E-state index contributed by atoms with van der Waals surface area (Å²) in [6, 6.07) is 1.43. The zero-order chi connectivity index (χ0) is 14.2. The first-order valence-electron chi connectivity index (χ1n) is 4.85. The van der Waals surface area contributed by atoms with E-state index in [0.29, 0.717) is 6.07 Å². The summed E-state index contributed by atoms with van der Waals surface area (Å²) in [7, 11) is 0. The van der Waals surface area contributed by atoms with Crippen LogP contribution < -0.4 is 5.43 Å². The number of carbonyl (C=O) groups excluding carboxylic acids is 1. The Morgan fingerprint density at radius 1 is 1.37 bits per heavy atom. The number of carbonyl (C=O) groups is 1. The molecule has 2 rings (SSSR count). The molecule has 4 nitrogen and oxygen atoms in total. The van der Waals surface area contributed by atoms with Crippen molar-refractivity contribution in [1.29, 1.82) is 0 Å². The van der Waals surface area contributed by atoms with E-state index in [1.54, 1.807) is 0 Å². The summed E-state index contributed by atoms with van der Waals surface area (Å²) in [5, 5.41) is 2.47. The fraction of sp³-hybridized carbons (Fsp3) is 0.200. The molecule has 0 saturated heterocycles. The fourth-order valence-corrected chi connectivity index (χ4v) is 1.64. The van der Waals surface area contributed by atoms with Gasteiger partial charge in [-0.15, -0.1) is 0 Å². The van der Waals surface area contributed by atoms with Crippen molar-refractivity contribution in [2.75, 3.05) is 6.61 Å². The molecule has 0 bridgehead atoms. The molecule has 1 amide bonds. The van der Waals surface area contributed by atoms with E-state index in [1.807, 2.05) is 5.43 Å². The van der Waals surface area contributed by atoms with Gasteiger partial charge in [-0.3, -0.25) is 0 Å². The fourth-order valence-electron chi connectivity index (χ4n) is 1.42. The molecule has 0 radical (unpaired) electrons. The maximum Gasteiger partial charge on any atom is 0.428 e. The molecule has 9 heteroatoms. The largest absolute Gasteiger partial charge is 0.442 e. The van der Waals surface area contributed by atoms with Crippen molar-refractivity contribution >= 4 is 23.4 Å². The lowest BCUT2D eigenvalue weighted by atomic mass is 10.1. The number of halogens is 5. The third kappa shape index (κ3) is 2.78. The number of hydrogen-bond acceptors (Lipinski definition) is 3. The Balaban J connectivity index is 2.49. The van der Waals surface area contributed by atoms with Crippen LogP contribution in [0.5, 0.6) is 0 Å². The summed E-state index contributed by atoms with van der Waals surface area (Å²) in [5.74, 6) is -1.23. The summed E-state index contributed by atoms with van der Waals surface area (Å²) >= 11 is 5.28. The van der Waals surface area contributed by atoms with E-state index in [-0.39, 0.29) is 17.9 Å². The van der Waals surface area contributed by atoms with Crippen LogP contribution in [-0.2, 0) is 10.9 Å². The van der Waals surface area contributed by atoms with Crippen molar-refractivity contribution in [2.24, 2.45) is 5.10 Å². The predicted molar refractivity (Wildman–Crippen MR) is 57.4 cm³/mol. The molecule has 0 spiro atoms. The minimum atomic E-state index is -4.80. The molecule has 19 heavy (non-hydrogen) atoms. The number of hydrazone groups is 1. The van der Waals surface area contributed by atoms with Crippen LogP contribution in [-0.4, -0.2) is 18.4 Å². The number of nitrogens with one attached hydrogen (secondary N) is 1. The predicted octanol–water partition coefficient (Wildman–Crippen LogP) is 2.94. The molecule has 0 aliphatic carbocycles. The van der Waals surface area contributed by atoms with Crippen LogP contribution in [0.4, 0.5) is 22.4 Å². The van der Waals surface area contributed by atoms with Crippen LogP contribution in [0.15, 0.2) is 17.2 Å². The van der Waals surface area contributed by atoms with Crippen LogP contribution in [0.25, 0.3) is 0 Å². The van der Waals surface area contributed by atoms with E-state index < -0.39 is 28.7 Å². The van der Waals surface area contributed by atoms with Gasteiger partial charge >= 0.3 is 12.3 Å². The number of amides is 1. The molecule has 0 unspecified atom stereocenters. The molecule has 1 aromatic rings. The quantitative estimate of drug-likeness (QED) is 0.810. The van der Waals surface area contributed by atoms with Crippen molar-refractivity contribution in [3.8, 4) is 0 Å². The highest BCUT2D eigenvalue weighted by Crippen LogP contribution is 2.36. The molecular weight excluding hydrogens is 292 g/mol. The summed E-state index contributed by atoms with van der Waals surface area (Å²) in [6.07, 6.45) is -5.64. The Hall–Kier alpha value is -1.83. The van der Waals surface area contributed by atoms with Crippen LogP contribution in [0.3, 0.4) is 0 Å². The highest BCUT2D eigenvalue weighted by atomic mass is 35.5. The molecule has 0 aromatic heterocycles. The molecule has 1 aromatic carbocycles. The Labute approximate surface area is 109 Å². The van der Waals surface area contributed by atoms with E-state index in [4.69, 9.17) is 11.6 Å². The number of benzene rings is 1. The van der Waals surface area contributed by atoms with Crippen molar-refractivity contribution in [2.45, 2.75) is 6.18 Å². The Morgan fingerprint density at radius 3 is 2.58 bits per heavy atom. The average molecular weight is 297 g/mol. The van der Waals surface area contributed by atoms with Crippen LogP contribution in [0.1, 0.15) is 11.1 Å². The highest BCUT2D eigenvalue weighted by Gasteiger charge is 2.35. The molecule has 0 atom stereocenters. The second kappa shape index (κ2) is 4.69. The van der Waals surface area contributed by atoms with Crippen LogP contribution >= 0.6 is 11.6 Å². The number of nitrogens with zero attached hydrogens (tertiary/aromatic N) is 1. The van der Waals surface area contributed by atoms with Crippen LogP contribution in [0, 0.1) is 5.82 Å². The highest BCUT2D eigenvalue weighted by molar-refractivity contribution is 6.31. The maximum atomic E-state index is 13.4. The summed E-state index contributed by atoms with van der Waals surface area (Å²) in [6.45, 7) is -0.357. The lowest BCUT2D eigenvalue weighted by Gasteiger charge is -2.16. The lowest BCUT2D eigenvalue weighted by molar-refractivity contribution is -0.137. The van der Waals surface area contributed by atoms with Gasteiger partial charge in [0.25, 0.3) is 0 Å². The third-order valence-corrected chi connectivity index (χ3v) is 2.67. The summed E-state index contributed by atoms with van der Waals surface area (Å²) in [5.41, 5.74) is 0.384. The van der Waals surface area contributed by atoms with E-state index in [9.17, 15) is 22.4 Å². The van der Waals surface area contributed by atoms with Gasteiger partial charge in [0.2, 0.25) is 0 Å². The Kier molecular flexibility index (Phi) is 3.36. The minimum Gasteiger partial charge on any atom is -0.442 e. The molecule has 1 aliphatic heterocycles. The van der Waals surface area contributed by atoms with Crippen molar-refractivity contribution in [3.05, 3.63) is 34.1 Å². The monoisotopic (exact) mass is 296 g/mol. The number of hydrogen-bond donors (Lipinski definition) is 1. The second-order valence-corrected chi connectivity index (χ2v) is 3.94. The van der Waals surface area contributed by atoms with E-state index in [1.165, 1.54) is 0 Å². The van der Waals surface area contributed by atoms with E-state index >= 15 is 0 Å². The first-order chi connectivity index (χ1) is 8.79. The maximum absolute atomic E-state index is 13.4. The van der Waals surface area contributed by atoms with Gasteiger partial charge in [-0.05, 0) is 12.1 Å². The average Bonchev–Trinajstić information content (AvgIpc) is 2.32. The summed E-state index contributed by atoms with van der Waals surface area (Å²) < 4.78 is 55.8. The van der Waals surface area contributed by atoms with Gasteiger partial charge in [0.05, 0.1) is 10.6 Å². The summed E-state index contributed by atoms with van der Waals surface area (Å²) in [4.78, 5) is 10.7. The normalized spacial score (nSPS) is 15.6. The Bertz CT molecular complexity index is 571. The smallest absolute Gasteiger partial charge is 0.428 e. The number of rotatable bonds is 1. The molecule has 0 saturated carbocycles. The Morgan fingerprint density at radius 2 is 2.05 bits per heavy atom. The molecule has 102 valence electrons. The third-order valence-electron chi connectivity index (χ3n) is 2.29. The standard InChI is InChI=1S/C10H5ClF4N2O2/c11-8-5(10(13,14)15)1-4(2-6(8)12)7-3-19-9(18)17-16-7/h1-2H,3H2,(H,17,18). The molecule has 1 heterocycles. The van der Waals surface area contributed by atoms with Crippen LogP contribution in [0.2, 0.25) is 5.02 Å². The van der Waals surface area contributed by atoms with Gasteiger partial charge in [0.15, 0.2) is 0 Å². The second-order valence-electron chi connectivity index (χ2n) is 3.56. The zero-order valence-electron chi connectivity index (χ0n) is 9.02. The zero-order valence-corrected chi connectivity index (χ0v) is 9.77. The van der Waals surface area contributed by atoms with Gasteiger partial charge in [-0.2, -0.15) is 18.3 Å².